The Hall–Kier alpha value is -1.92. The Morgan fingerprint density at radius 3 is 2.50 bits per heavy atom. The van der Waals surface area contributed by atoms with Gasteiger partial charge in [-0.1, -0.05) is 44.2 Å². The molecule has 0 bridgehead atoms. The number of nitrogens with one attached hydrogen (secondary N) is 1. The van der Waals surface area contributed by atoms with Gasteiger partial charge >= 0.3 is 5.97 Å². The van der Waals surface area contributed by atoms with Crippen molar-refractivity contribution in [2.75, 3.05) is 25.5 Å². The van der Waals surface area contributed by atoms with Crippen LogP contribution >= 0.6 is 23.6 Å². The van der Waals surface area contributed by atoms with Gasteiger partial charge in [-0.05, 0) is 42.1 Å². The number of hydrogen-bond donors (Lipinski definition) is 1. The van der Waals surface area contributed by atoms with Crippen molar-refractivity contribution >= 4 is 39.6 Å². The maximum Gasteiger partial charge on any atom is 0.340 e. The van der Waals surface area contributed by atoms with Crippen LogP contribution in [0.25, 0.3) is 10.4 Å². The molecule has 1 fully saturated rings. The molecule has 0 aliphatic carbocycles. The number of thiophene rings is 1. The van der Waals surface area contributed by atoms with Crippen molar-refractivity contribution in [1.82, 2.24) is 4.90 Å². The second-order valence-corrected chi connectivity index (χ2v) is 8.43. The molecular weight excluding hydrogens is 364 g/mol. The minimum absolute atomic E-state index is 0.353. The number of esters is 1. The van der Waals surface area contributed by atoms with Crippen LogP contribution in [0.4, 0.5) is 5.00 Å². The molecule has 2 atom stereocenters. The van der Waals surface area contributed by atoms with Crippen LogP contribution in [-0.4, -0.2) is 36.2 Å². The molecule has 0 saturated carbocycles. The number of thiocarbonyl (C=S) groups is 1. The number of benzene rings is 1. The van der Waals surface area contributed by atoms with Crippen LogP contribution in [0, 0.1) is 11.8 Å². The lowest BCUT2D eigenvalue weighted by Gasteiger charge is -2.36. The van der Waals surface area contributed by atoms with E-state index in [1.807, 2.05) is 36.4 Å². The third-order valence-corrected chi connectivity index (χ3v) is 6.03. The van der Waals surface area contributed by atoms with Crippen LogP contribution in [0.3, 0.4) is 0 Å². The van der Waals surface area contributed by atoms with Crippen molar-refractivity contribution in [2.24, 2.45) is 11.8 Å². The van der Waals surface area contributed by atoms with E-state index in [-0.39, 0.29) is 5.97 Å². The van der Waals surface area contributed by atoms with Crippen molar-refractivity contribution in [2.45, 2.75) is 20.3 Å². The van der Waals surface area contributed by atoms with Crippen molar-refractivity contribution in [3.63, 3.8) is 0 Å². The fourth-order valence-corrected chi connectivity index (χ4v) is 4.86. The summed E-state index contributed by atoms with van der Waals surface area (Å²) in [6.07, 6.45) is 1.23. The molecule has 2 heterocycles. The lowest BCUT2D eigenvalue weighted by molar-refractivity contribution is 0.0602. The number of anilines is 1. The van der Waals surface area contributed by atoms with E-state index in [0.29, 0.717) is 22.5 Å². The van der Waals surface area contributed by atoms with Gasteiger partial charge in [0.25, 0.3) is 0 Å². The van der Waals surface area contributed by atoms with Gasteiger partial charge in [0, 0.05) is 18.0 Å². The molecule has 4 nitrogen and oxygen atoms in total. The molecule has 0 amide bonds. The first kappa shape index (κ1) is 18.9. The largest absolute Gasteiger partial charge is 0.465 e. The summed E-state index contributed by atoms with van der Waals surface area (Å²) in [6, 6.07) is 11.9. The highest BCUT2D eigenvalue weighted by molar-refractivity contribution is 7.80. The fraction of sp³-hybridized carbons (Fsp3) is 0.400. The average molecular weight is 389 g/mol. The standard InChI is InChI=1S/C20H24N2O2S2/c1-13-9-14(2)12-22(11-13)20(25)21-18-16(19(23)24-3)10-17(26-18)15-7-5-4-6-8-15/h4-8,10,13-14H,9,11-12H2,1-3H3,(H,21,25). The smallest absolute Gasteiger partial charge is 0.340 e. The molecule has 138 valence electrons. The Bertz CT molecular complexity index is 778. The van der Waals surface area contributed by atoms with E-state index < -0.39 is 0 Å². The zero-order valence-electron chi connectivity index (χ0n) is 15.3. The van der Waals surface area contributed by atoms with Gasteiger partial charge in [-0.15, -0.1) is 11.3 Å². The summed E-state index contributed by atoms with van der Waals surface area (Å²) in [6.45, 7) is 6.40. The Labute approximate surface area is 164 Å². The molecule has 1 aromatic heterocycles. The summed E-state index contributed by atoms with van der Waals surface area (Å²) in [7, 11) is 1.40. The Balaban J connectivity index is 1.85. The van der Waals surface area contributed by atoms with Gasteiger partial charge in [0.1, 0.15) is 5.00 Å². The summed E-state index contributed by atoms with van der Waals surface area (Å²) in [5.74, 6) is 0.873. The molecule has 1 N–H and O–H groups in total. The van der Waals surface area contributed by atoms with Gasteiger partial charge < -0.3 is 15.0 Å². The fourth-order valence-electron chi connectivity index (χ4n) is 3.50. The molecular formula is C20H24N2O2S2. The molecule has 1 aliphatic rings. The van der Waals surface area contributed by atoms with E-state index >= 15 is 0 Å². The van der Waals surface area contributed by atoms with Crippen LogP contribution in [0.1, 0.15) is 30.6 Å². The molecule has 0 radical (unpaired) electrons. The van der Waals surface area contributed by atoms with Gasteiger partial charge in [-0.25, -0.2) is 4.79 Å². The lowest BCUT2D eigenvalue weighted by Crippen LogP contribution is -2.44. The second kappa shape index (κ2) is 8.18. The Kier molecular flexibility index (Phi) is 5.94. The van der Waals surface area contributed by atoms with Crippen LogP contribution in [0.2, 0.25) is 0 Å². The van der Waals surface area contributed by atoms with Gasteiger partial charge in [0.2, 0.25) is 0 Å². The number of carbonyl (C=O) groups is 1. The van der Waals surface area contributed by atoms with Gasteiger partial charge in [-0.2, -0.15) is 0 Å². The third-order valence-electron chi connectivity index (χ3n) is 4.57. The van der Waals surface area contributed by atoms with E-state index in [1.54, 1.807) is 0 Å². The summed E-state index contributed by atoms with van der Waals surface area (Å²) in [5.41, 5.74) is 1.60. The van der Waals surface area contributed by atoms with Crippen LogP contribution < -0.4 is 5.32 Å². The van der Waals surface area contributed by atoms with Crippen molar-refractivity contribution in [3.05, 3.63) is 42.0 Å². The topological polar surface area (TPSA) is 41.6 Å². The molecule has 0 spiro atoms. The molecule has 2 aromatic rings. The summed E-state index contributed by atoms with van der Waals surface area (Å²) in [4.78, 5) is 15.4. The lowest BCUT2D eigenvalue weighted by atomic mass is 9.92. The summed E-state index contributed by atoms with van der Waals surface area (Å²) in [5, 5.41) is 4.72. The zero-order chi connectivity index (χ0) is 18.7. The second-order valence-electron chi connectivity index (χ2n) is 6.99. The van der Waals surface area contributed by atoms with Gasteiger partial charge in [-0.3, -0.25) is 0 Å². The normalized spacial score (nSPS) is 19.9. The quantitative estimate of drug-likeness (QED) is 0.600. The minimum atomic E-state index is -0.353. The van der Waals surface area contributed by atoms with Crippen molar-refractivity contribution in [3.8, 4) is 10.4 Å². The molecule has 1 aliphatic heterocycles. The average Bonchev–Trinajstić information content (AvgIpc) is 3.04. The molecule has 26 heavy (non-hydrogen) atoms. The summed E-state index contributed by atoms with van der Waals surface area (Å²) >= 11 is 7.16. The highest BCUT2D eigenvalue weighted by Gasteiger charge is 2.25. The predicted molar refractivity (Wildman–Crippen MR) is 112 cm³/mol. The first-order valence-corrected chi connectivity index (χ1v) is 10.0. The van der Waals surface area contributed by atoms with Gasteiger partial charge in [0.15, 0.2) is 5.11 Å². The number of carbonyl (C=O) groups excluding carboxylic acids is 1. The minimum Gasteiger partial charge on any atom is -0.465 e. The van der Waals surface area contributed by atoms with Crippen molar-refractivity contribution in [1.29, 1.82) is 0 Å². The van der Waals surface area contributed by atoms with E-state index in [9.17, 15) is 4.79 Å². The number of hydrogen-bond acceptors (Lipinski definition) is 4. The number of nitrogens with zero attached hydrogens (tertiary/aromatic N) is 1. The molecule has 1 saturated heterocycles. The van der Waals surface area contributed by atoms with Crippen molar-refractivity contribution < 1.29 is 9.53 Å². The number of likely N-dealkylation sites (tertiary alicyclic amines) is 1. The van der Waals surface area contributed by atoms with Crippen LogP contribution in [-0.2, 0) is 4.74 Å². The maximum absolute atomic E-state index is 12.2. The van der Waals surface area contributed by atoms with E-state index in [1.165, 1.54) is 24.9 Å². The monoisotopic (exact) mass is 388 g/mol. The molecule has 2 unspecified atom stereocenters. The predicted octanol–water partition coefficient (Wildman–Crippen LogP) is 4.88. The Morgan fingerprint density at radius 1 is 1.23 bits per heavy atom. The van der Waals surface area contributed by atoms with E-state index in [4.69, 9.17) is 17.0 Å². The van der Waals surface area contributed by atoms with E-state index in [0.717, 1.165) is 28.5 Å². The summed E-state index contributed by atoms with van der Waals surface area (Å²) < 4.78 is 4.96. The highest BCUT2D eigenvalue weighted by atomic mass is 32.1. The molecule has 3 rings (SSSR count). The zero-order valence-corrected chi connectivity index (χ0v) is 17.0. The first-order valence-electron chi connectivity index (χ1n) is 8.81. The molecule has 6 heteroatoms. The third kappa shape index (κ3) is 4.24. The first-order chi connectivity index (χ1) is 12.5. The number of piperidine rings is 1. The van der Waals surface area contributed by atoms with Gasteiger partial charge in [0.05, 0.1) is 12.7 Å². The molecule has 1 aromatic carbocycles. The van der Waals surface area contributed by atoms with Crippen LogP contribution in [0.5, 0.6) is 0 Å². The number of methoxy groups -OCH3 is 1. The van der Waals surface area contributed by atoms with E-state index in [2.05, 4.69) is 24.1 Å². The Morgan fingerprint density at radius 2 is 1.88 bits per heavy atom. The SMILES string of the molecule is COC(=O)c1cc(-c2ccccc2)sc1NC(=S)N1CC(C)CC(C)C1. The maximum atomic E-state index is 12.2. The van der Waals surface area contributed by atoms with Crippen LogP contribution in [0.15, 0.2) is 36.4 Å². The number of rotatable bonds is 3. The highest BCUT2D eigenvalue weighted by Crippen LogP contribution is 2.36. The number of ether oxygens (including phenoxy) is 1.